The summed E-state index contributed by atoms with van der Waals surface area (Å²) in [4.78, 5) is 9.76. The van der Waals surface area contributed by atoms with Crippen LogP contribution in [0.2, 0.25) is 5.02 Å². The number of hydrogen-bond donors (Lipinski definition) is 3. The topological polar surface area (TPSA) is 115 Å². The van der Waals surface area contributed by atoms with Crippen molar-refractivity contribution < 1.29 is 19.1 Å². The highest BCUT2D eigenvalue weighted by atomic mass is 35.5. The number of rotatable bonds is 10. The van der Waals surface area contributed by atoms with Gasteiger partial charge in [-0.15, -0.1) is 0 Å². The summed E-state index contributed by atoms with van der Waals surface area (Å²) in [6.07, 6.45) is 1.46. The van der Waals surface area contributed by atoms with Crippen LogP contribution in [-0.4, -0.2) is 65.8 Å². The van der Waals surface area contributed by atoms with Gasteiger partial charge in [0.1, 0.15) is 30.0 Å². The van der Waals surface area contributed by atoms with Gasteiger partial charge in [-0.2, -0.15) is 0 Å². The Hall–Kier alpha value is -2.72. The first-order chi connectivity index (χ1) is 16.8. The molecule has 2 aromatic heterocycles. The summed E-state index contributed by atoms with van der Waals surface area (Å²) in [5.41, 5.74) is 3.87. The standard InChI is InChI=1S/C25H32ClN5O4/c1-13-23(22-14(2)31-35-15(22)3)29-25(30-24(13)28-16-8-19(9-16)33-5)20-10-18(6-7-21(20)26)34-12-17(32)11-27-4/h6-7,10,16-17,19,27,32H,8-9,11-12H2,1-5H3,(H,28,29,30)/t16?,17-,19?/m1/s1. The zero-order valence-corrected chi connectivity index (χ0v) is 21.4. The van der Waals surface area contributed by atoms with Gasteiger partial charge in [0.25, 0.3) is 0 Å². The van der Waals surface area contributed by atoms with E-state index in [1.54, 1.807) is 32.4 Å². The predicted octanol–water partition coefficient (Wildman–Crippen LogP) is 3.93. The second-order valence-corrected chi connectivity index (χ2v) is 9.31. The summed E-state index contributed by atoms with van der Waals surface area (Å²) in [5, 5.41) is 21.1. The number of benzene rings is 1. The minimum Gasteiger partial charge on any atom is -0.491 e. The van der Waals surface area contributed by atoms with Gasteiger partial charge in [0.05, 0.1) is 28.1 Å². The molecule has 10 heteroatoms. The van der Waals surface area contributed by atoms with E-state index in [1.165, 1.54) is 0 Å². The quantitative estimate of drug-likeness (QED) is 0.380. The van der Waals surface area contributed by atoms with Crippen LogP contribution in [-0.2, 0) is 4.74 Å². The fourth-order valence-corrected chi connectivity index (χ4v) is 4.37. The summed E-state index contributed by atoms with van der Waals surface area (Å²) in [7, 11) is 3.51. The summed E-state index contributed by atoms with van der Waals surface area (Å²) < 4.78 is 16.6. The first kappa shape index (κ1) is 25.4. The molecule has 4 rings (SSSR count). The Morgan fingerprint density at radius 2 is 2.00 bits per heavy atom. The summed E-state index contributed by atoms with van der Waals surface area (Å²) >= 11 is 6.59. The van der Waals surface area contributed by atoms with E-state index < -0.39 is 6.10 Å². The van der Waals surface area contributed by atoms with Gasteiger partial charge in [-0.05, 0) is 58.9 Å². The van der Waals surface area contributed by atoms with E-state index in [2.05, 4.69) is 15.8 Å². The van der Waals surface area contributed by atoms with E-state index in [-0.39, 0.29) is 18.8 Å². The highest BCUT2D eigenvalue weighted by Crippen LogP contribution is 2.37. The number of hydrogen-bond acceptors (Lipinski definition) is 9. The molecule has 1 aromatic carbocycles. The van der Waals surface area contributed by atoms with Crippen LogP contribution in [0.15, 0.2) is 22.7 Å². The molecule has 1 aliphatic rings. The third-order valence-electron chi connectivity index (χ3n) is 6.25. The highest BCUT2D eigenvalue weighted by Gasteiger charge is 2.30. The smallest absolute Gasteiger partial charge is 0.163 e. The molecule has 3 aromatic rings. The van der Waals surface area contributed by atoms with Gasteiger partial charge >= 0.3 is 0 Å². The van der Waals surface area contributed by atoms with Crippen molar-refractivity contribution >= 4 is 17.4 Å². The number of nitrogens with one attached hydrogen (secondary N) is 2. The molecule has 1 fully saturated rings. The molecule has 0 amide bonds. The maximum absolute atomic E-state index is 9.99. The first-order valence-electron chi connectivity index (χ1n) is 11.7. The van der Waals surface area contributed by atoms with E-state index in [0.29, 0.717) is 34.5 Å². The number of methoxy groups -OCH3 is 1. The van der Waals surface area contributed by atoms with Gasteiger partial charge < -0.3 is 29.7 Å². The number of aliphatic hydroxyl groups is 1. The van der Waals surface area contributed by atoms with E-state index in [1.807, 2.05) is 20.8 Å². The predicted molar refractivity (Wildman–Crippen MR) is 135 cm³/mol. The monoisotopic (exact) mass is 501 g/mol. The molecule has 9 nitrogen and oxygen atoms in total. The van der Waals surface area contributed by atoms with Crippen molar-refractivity contribution in [3.63, 3.8) is 0 Å². The van der Waals surface area contributed by atoms with Crippen LogP contribution < -0.4 is 15.4 Å². The number of aliphatic hydroxyl groups excluding tert-OH is 1. The molecular formula is C25H32ClN5O4. The van der Waals surface area contributed by atoms with Gasteiger partial charge in [-0.3, -0.25) is 0 Å². The molecule has 0 unspecified atom stereocenters. The van der Waals surface area contributed by atoms with Crippen LogP contribution in [0.5, 0.6) is 5.75 Å². The minimum absolute atomic E-state index is 0.149. The SMILES string of the molecule is CNC[C@@H](O)COc1ccc(Cl)c(-c2nc(NC3CC(OC)C3)c(C)c(-c3c(C)noc3C)n2)c1. The number of anilines is 1. The van der Waals surface area contributed by atoms with Crippen LogP contribution in [0.1, 0.15) is 29.9 Å². The minimum atomic E-state index is -0.630. The molecule has 1 atom stereocenters. The van der Waals surface area contributed by atoms with Crippen molar-refractivity contribution in [3.05, 3.63) is 40.2 Å². The molecule has 0 bridgehead atoms. The Bertz CT molecular complexity index is 1160. The molecule has 188 valence electrons. The van der Waals surface area contributed by atoms with Crippen LogP contribution in [0.3, 0.4) is 0 Å². The van der Waals surface area contributed by atoms with E-state index in [0.717, 1.165) is 41.2 Å². The van der Waals surface area contributed by atoms with Crippen molar-refractivity contribution in [1.29, 1.82) is 0 Å². The lowest BCUT2D eigenvalue weighted by atomic mass is 9.89. The number of aryl methyl sites for hydroxylation is 2. The van der Waals surface area contributed by atoms with Crippen molar-refractivity contribution in [2.45, 2.75) is 51.9 Å². The molecule has 0 saturated heterocycles. The average molecular weight is 502 g/mol. The molecule has 1 saturated carbocycles. The molecule has 0 aliphatic heterocycles. The normalized spacial score (nSPS) is 18.3. The fourth-order valence-electron chi connectivity index (χ4n) is 4.16. The maximum atomic E-state index is 9.99. The number of aromatic nitrogens is 3. The summed E-state index contributed by atoms with van der Waals surface area (Å²) in [5.74, 6) is 2.45. The molecule has 1 aliphatic carbocycles. The van der Waals surface area contributed by atoms with Crippen molar-refractivity contribution in [2.24, 2.45) is 0 Å². The third-order valence-corrected chi connectivity index (χ3v) is 6.58. The lowest BCUT2D eigenvalue weighted by Crippen LogP contribution is -2.40. The largest absolute Gasteiger partial charge is 0.491 e. The lowest BCUT2D eigenvalue weighted by Gasteiger charge is -2.35. The Morgan fingerprint density at radius 3 is 2.66 bits per heavy atom. The Kier molecular flexibility index (Phi) is 7.91. The van der Waals surface area contributed by atoms with Gasteiger partial charge in [-0.1, -0.05) is 16.8 Å². The molecule has 0 spiro atoms. The molecule has 2 heterocycles. The zero-order valence-electron chi connectivity index (χ0n) is 20.7. The second-order valence-electron chi connectivity index (χ2n) is 8.90. The maximum Gasteiger partial charge on any atom is 0.163 e. The number of likely N-dealkylation sites (N-methyl/N-ethyl adjacent to an activating group) is 1. The van der Waals surface area contributed by atoms with Gasteiger partial charge in [0.2, 0.25) is 0 Å². The van der Waals surface area contributed by atoms with E-state index >= 15 is 0 Å². The summed E-state index contributed by atoms with van der Waals surface area (Å²) in [6, 6.07) is 5.57. The van der Waals surface area contributed by atoms with Crippen LogP contribution in [0.4, 0.5) is 5.82 Å². The number of nitrogens with zero attached hydrogens (tertiary/aromatic N) is 3. The molecule has 0 radical (unpaired) electrons. The molecule has 3 N–H and O–H groups in total. The van der Waals surface area contributed by atoms with Gasteiger partial charge in [-0.25, -0.2) is 9.97 Å². The lowest BCUT2D eigenvalue weighted by molar-refractivity contribution is 0.0328. The van der Waals surface area contributed by atoms with E-state index in [4.69, 9.17) is 35.6 Å². The zero-order chi connectivity index (χ0) is 25.1. The number of ether oxygens (including phenoxy) is 2. The van der Waals surface area contributed by atoms with Crippen molar-refractivity contribution in [1.82, 2.24) is 20.4 Å². The Morgan fingerprint density at radius 1 is 1.23 bits per heavy atom. The van der Waals surface area contributed by atoms with Crippen molar-refractivity contribution in [3.8, 4) is 28.4 Å². The highest BCUT2D eigenvalue weighted by molar-refractivity contribution is 6.33. The Balaban J connectivity index is 1.73. The average Bonchev–Trinajstić information content (AvgIpc) is 3.14. The molecular weight excluding hydrogens is 470 g/mol. The molecule has 35 heavy (non-hydrogen) atoms. The second kappa shape index (κ2) is 10.9. The fraction of sp³-hybridized carbons (Fsp3) is 0.480. The first-order valence-corrected chi connectivity index (χ1v) is 12.0. The van der Waals surface area contributed by atoms with Crippen LogP contribution in [0.25, 0.3) is 22.6 Å². The number of halogens is 1. The van der Waals surface area contributed by atoms with Gasteiger partial charge in [0, 0.05) is 30.8 Å². The Labute approximate surface area is 210 Å². The third kappa shape index (κ3) is 5.59. The van der Waals surface area contributed by atoms with Crippen molar-refractivity contribution in [2.75, 3.05) is 32.6 Å². The van der Waals surface area contributed by atoms with Crippen LogP contribution >= 0.6 is 11.6 Å². The summed E-state index contributed by atoms with van der Waals surface area (Å²) in [6.45, 7) is 6.34. The van der Waals surface area contributed by atoms with Gasteiger partial charge in [0.15, 0.2) is 5.82 Å². The van der Waals surface area contributed by atoms with Crippen LogP contribution in [0, 0.1) is 20.8 Å². The van der Waals surface area contributed by atoms with E-state index in [9.17, 15) is 5.11 Å².